The first-order chi connectivity index (χ1) is 50.4. The number of nitrogens with zero attached hydrogens (tertiary/aromatic N) is 6. The predicted octanol–water partition coefficient (Wildman–Crippen LogP) is -7.54. The topological polar surface area (TPSA) is 501 Å². The van der Waals surface area contributed by atoms with Gasteiger partial charge in [-0.3, -0.25) is 38.3 Å². The van der Waals surface area contributed by atoms with Gasteiger partial charge in [0, 0.05) is 79.9 Å². The van der Waals surface area contributed by atoms with E-state index in [0.717, 1.165) is 65.7 Å². The van der Waals surface area contributed by atoms with Gasteiger partial charge in [0.2, 0.25) is 0 Å². The fraction of sp³-hybridized carbons (Fsp3) is 0. The fourth-order valence-corrected chi connectivity index (χ4v) is 14.6. The minimum absolute atomic E-state index is 0. The third-order valence-corrected chi connectivity index (χ3v) is 21.7. The van der Waals surface area contributed by atoms with Crippen molar-refractivity contribution in [2.45, 2.75) is 29.4 Å². The van der Waals surface area contributed by atoms with Crippen molar-refractivity contribution in [2.24, 2.45) is 0 Å². The maximum atomic E-state index is 11.2. The summed E-state index contributed by atoms with van der Waals surface area (Å²) in [6.45, 7) is 0. The molecule has 0 aliphatic heterocycles. The summed E-state index contributed by atoms with van der Waals surface area (Å²) >= 11 is 0. The largest absolute Gasteiger partial charge is 2.00 e. The Hall–Kier alpha value is -4.71. The average Bonchev–Trinajstić information content (AvgIpc) is 0.764. The molecule has 0 saturated carbocycles. The quantitative estimate of drug-likeness (QED) is 0.0474. The maximum Gasteiger partial charge on any atom is 2.00 e. The number of fused-ring (bicyclic) bond motifs is 9. The van der Waals surface area contributed by atoms with E-state index >= 15 is 0 Å². The summed E-state index contributed by atoms with van der Waals surface area (Å²) < 4.78 is 236. The van der Waals surface area contributed by atoms with Crippen molar-refractivity contribution in [3.63, 3.8) is 0 Å². The van der Waals surface area contributed by atoms with Crippen LogP contribution in [0.4, 0.5) is 0 Å². The zero-order valence-electron chi connectivity index (χ0n) is 60.1. The molecule has 6 aromatic heterocycles. The average molecular weight is 1760 g/mol. The van der Waals surface area contributed by atoms with Crippen molar-refractivity contribution < 1.29 is 290 Å². The molecule has 0 fully saturated rings. The minimum Gasteiger partial charge on any atom is -0.759 e. The molecule has 15 rings (SSSR count). The molecule has 548 valence electrons. The van der Waals surface area contributed by atoms with Gasteiger partial charge in [0.25, 0.3) is 0 Å². The van der Waals surface area contributed by atoms with Gasteiger partial charge < -0.3 is 36.4 Å². The van der Waals surface area contributed by atoms with Crippen molar-refractivity contribution >= 4 is 137 Å². The smallest absolute Gasteiger partial charge is 0.759 e. The van der Waals surface area contributed by atoms with E-state index in [1.54, 1.807) is 146 Å². The molecule has 0 aliphatic carbocycles. The molecule has 0 saturated heterocycles. The SMILES string of the molecule is O=S(=O)([O-])[O-].O=S(=O)([O-])c1ccc(-c2ccnc3c2ccc2c(-c4ccc(S(=O)(=O)[O-])cc4)ccnc23)cc1.O=S(=O)([O-])c1ccc(-c2ccnc3c2ccc2c(-c4ccc(S(=O)(=O)[O-])cc4)ccnc23)cc1.O=S(=O)([O-])c1ccc(-c2ccnc3c2ccc2c(-c4ccc(S(=O)(=O)[O-])cc4)ccnc23)cc1.[Fe+2].[Na+].[Na+].[Na+].[Na+].[Na+].[Na+]. The van der Waals surface area contributed by atoms with Gasteiger partial charge >= 0.3 is 194 Å². The van der Waals surface area contributed by atoms with Crippen LogP contribution in [-0.2, 0) is 88.2 Å². The van der Waals surface area contributed by atoms with Crippen molar-refractivity contribution in [3.8, 4) is 66.8 Å². The standard InChI is InChI=1S/3C24H16N2O6S2.Fe.6Na.H2O4S/c3*27-33(28,29)17-5-1-15(2-6-17)19-11-13-25-23-21(19)9-10-22-20(12-14-26-24(22)23)16-3-7-18(8-4-16)34(30,31)32;;;;;;;;1-5(2,3)4/h3*1-14H,(H,27,28,29)(H,30,31,32);;;;;;;;(H2,1,2,3,4)/q;;;+2;6*+1;/p-8. The van der Waals surface area contributed by atoms with Crippen molar-refractivity contribution in [1.82, 2.24) is 29.9 Å². The van der Waals surface area contributed by atoms with Crippen LogP contribution in [0.25, 0.3) is 132 Å². The Kier molecular flexibility index (Phi) is 35.5. The number of pyridine rings is 6. The van der Waals surface area contributed by atoms with Gasteiger partial charge in [0.15, 0.2) is 0 Å². The third-order valence-electron chi connectivity index (χ3n) is 16.6. The van der Waals surface area contributed by atoms with E-state index in [-0.39, 0.29) is 224 Å². The monoisotopic (exact) mass is 1760 g/mol. The Morgan fingerprint density at radius 3 is 0.377 bits per heavy atom. The van der Waals surface area contributed by atoms with Gasteiger partial charge in [-0.2, -0.15) is 0 Å². The third kappa shape index (κ3) is 23.7. The molecule has 0 bridgehead atoms. The number of hydrogen-bond acceptors (Lipinski definition) is 28. The fourth-order valence-electron chi connectivity index (χ4n) is 11.8. The summed E-state index contributed by atoms with van der Waals surface area (Å²) in [5, 5.41) is 4.70. The van der Waals surface area contributed by atoms with Gasteiger partial charge in [0.1, 0.15) is 60.7 Å². The number of aromatic nitrogens is 6. The van der Waals surface area contributed by atoms with E-state index in [1.165, 1.54) is 72.8 Å². The second kappa shape index (κ2) is 40.6. The molecule has 0 spiro atoms. The van der Waals surface area contributed by atoms with Crippen molar-refractivity contribution in [1.29, 1.82) is 0 Å². The molecule has 0 aliphatic rings. The molecule has 114 heavy (non-hydrogen) atoms. The maximum absolute atomic E-state index is 11.2. The Bertz CT molecular complexity index is 5910. The zero-order chi connectivity index (χ0) is 76.8. The number of benzene rings is 9. The molecule has 6 heterocycles. The normalized spacial score (nSPS) is 11.5. The van der Waals surface area contributed by atoms with E-state index in [4.69, 9.17) is 17.5 Å². The summed E-state index contributed by atoms with van der Waals surface area (Å²) in [6.07, 6.45) is 9.74. The van der Waals surface area contributed by atoms with E-state index < -0.39 is 71.1 Å². The van der Waals surface area contributed by atoms with Gasteiger partial charge in [0.05, 0.1) is 62.5 Å². The predicted molar refractivity (Wildman–Crippen MR) is 382 cm³/mol. The van der Waals surface area contributed by atoms with Crippen LogP contribution in [0.1, 0.15) is 0 Å². The van der Waals surface area contributed by atoms with E-state index in [9.17, 15) is 77.8 Å². The van der Waals surface area contributed by atoms with Gasteiger partial charge in [-0.15, -0.1) is 0 Å². The van der Waals surface area contributed by atoms with Crippen LogP contribution in [0.2, 0.25) is 0 Å². The van der Waals surface area contributed by atoms with Gasteiger partial charge in [-0.25, -0.2) is 50.5 Å². The first kappa shape index (κ1) is 99.9. The summed E-state index contributed by atoms with van der Waals surface area (Å²) in [5.41, 5.74) is 12.7. The van der Waals surface area contributed by atoms with Crippen molar-refractivity contribution in [3.05, 3.63) is 256 Å². The molecule has 0 N–H and O–H groups in total. The van der Waals surface area contributed by atoms with Crippen LogP contribution in [-0.4, -0.2) is 125 Å². The Morgan fingerprint density at radius 2 is 0.281 bits per heavy atom. The summed E-state index contributed by atoms with van der Waals surface area (Å²) in [7, 11) is -32.4. The summed E-state index contributed by atoms with van der Waals surface area (Å²) in [6, 6.07) is 56.1. The van der Waals surface area contributed by atoms with Gasteiger partial charge in [-0.1, -0.05) is 109 Å². The minimum atomic E-state index is -5.17. The first-order valence-electron chi connectivity index (χ1n) is 30.4. The van der Waals surface area contributed by atoms with Crippen LogP contribution in [0.15, 0.2) is 285 Å². The van der Waals surface area contributed by atoms with E-state index in [1.807, 2.05) is 36.4 Å². The second-order valence-corrected chi connectivity index (χ2v) is 32.1. The van der Waals surface area contributed by atoms with Crippen LogP contribution < -0.4 is 177 Å². The van der Waals surface area contributed by atoms with Crippen LogP contribution in [0, 0.1) is 0 Å². The van der Waals surface area contributed by atoms with Crippen LogP contribution in [0.5, 0.6) is 0 Å². The molecule has 42 heteroatoms. The molecule has 0 amide bonds. The first-order valence-corrected chi connectivity index (χ1v) is 40.2. The summed E-state index contributed by atoms with van der Waals surface area (Å²) in [4.78, 5) is 25.2. The Morgan fingerprint density at radius 1 is 0.175 bits per heavy atom. The molecular weight excluding hydrogens is 1720 g/mol. The second-order valence-electron chi connectivity index (χ2n) is 23.0. The molecule has 9 aromatic carbocycles. The molecule has 28 nitrogen and oxygen atoms in total. The van der Waals surface area contributed by atoms with Gasteiger partial charge in [-0.05, 0) is 176 Å². The Balaban J connectivity index is 0.000000287. The van der Waals surface area contributed by atoms with Crippen LogP contribution >= 0.6 is 0 Å². The molecule has 0 atom stereocenters. The molecule has 0 unspecified atom stereocenters. The zero-order valence-corrected chi connectivity index (χ0v) is 78.9. The molecular formula is C72H42FeN6Na6O22S7. The summed E-state index contributed by atoms with van der Waals surface area (Å²) in [5.74, 6) is 0. The van der Waals surface area contributed by atoms with E-state index in [2.05, 4.69) is 29.9 Å². The van der Waals surface area contributed by atoms with Crippen LogP contribution in [0.3, 0.4) is 0 Å². The molecule has 15 aromatic rings. The van der Waals surface area contributed by atoms with E-state index in [0.29, 0.717) is 66.5 Å². The number of rotatable bonds is 12. The number of hydrogen-bond donors (Lipinski definition) is 0. The Labute approximate surface area is 796 Å². The van der Waals surface area contributed by atoms with Crippen molar-refractivity contribution in [2.75, 3.05) is 0 Å². The molecule has 0 radical (unpaired) electrons.